The van der Waals surface area contributed by atoms with E-state index >= 15 is 0 Å². The van der Waals surface area contributed by atoms with Crippen molar-refractivity contribution in [3.05, 3.63) is 0 Å². The van der Waals surface area contributed by atoms with E-state index in [1.165, 1.54) is 6.42 Å². The van der Waals surface area contributed by atoms with Crippen LogP contribution in [0.5, 0.6) is 0 Å². The third-order valence-corrected chi connectivity index (χ3v) is 1.27. The van der Waals surface area contributed by atoms with Crippen LogP contribution < -0.4 is 5.32 Å². The number of nitrogens with one attached hydrogen (secondary N) is 1. The summed E-state index contributed by atoms with van der Waals surface area (Å²) in [6.07, 6.45) is 3.22. The van der Waals surface area contributed by atoms with Crippen molar-refractivity contribution in [3.8, 4) is 0 Å². The second kappa shape index (κ2) is 5.76. The number of aldehydes is 1. The van der Waals surface area contributed by atoms with Crippen LogP contribution in [-0.2, 0) is 4.79 Å². The van der Waals surface area contributed by atoms with Gasteiger partial charge < -0.3 is 10.1 Å². The van der Waals surface area contributed by atoms with Crippen LogP contribution in [0.2, 0.25) is 0 Å². The van der Waals surface area contributed by atoms with Gasteiger partial charge >= 0.3 is 0 Å². The highest BCUT2D eigenvalue weighted by Gasteiger charge is 1.95. The Morgan fingerprint density at radius 1 is 1.67 bits per heavy atom. The molecule has 0 aliphatic heterocycles. The largest absolute Gasteiger partial charge is 0.308 e. The fourth-order valence-electron chi connectivity index (χ4n) is 0.784. The van der Waals surface area contributed by atoms with Crippen LogP contribution in [-0.4, -0.2) is 18.9 Å². The lowest BCUT2D eigenvalue weighted by Gasteiger charge is -2.08. The summed E-state index contributed by atoms with van der Waals surface area (Å²) in [6.45, 7) is 4.72. The Morgan fingerprint density at radius 2 is 2.33 bits per heavy atom. The van der Waals surface area contributed by atoms with E-state index in [1.54, 1.807) is 0 Å². The zero-order chi connectivity index (χ0) is 7.11. The smallest absolute Gasteiger partial charge is 0.133 e. The van der Waals surface area contributed by atoms with Crippen LogP contribution in [0.25, 0.3) is 0 Å². The van der Waals surface area contributed by atoms with E-state index in [-0.39, 0.29) is 0 Å². The zero-order valence-corrected chi connectivity index (χ0v) is 6.18. The van der Waals surface area contributed by atoms with Crippen molar-refractivity contribution in [1.29, 1.82) is 0 Å². The number of hydrogen-bond acceptors (Lipinski definition) is 2. The molecule has 2 heteroatoms. The first kappa shape index (κ1) is 8.63. The third-order valence-electron chi connectivity index (χ3n) is 1.27. The summed E-state index contributed by atoms with van der Waals surface area (Å²) in [5.41, 5.74) is 0. The van der Waals surface area contributed by atoms with Gasteiger partial charge in [-0.05, 0) is 13.3 Å². The molecule has 0 aromatic heterocycles. The maximum absolute atomic E-state index is 9.85. The number of carbonyl (C=O) groups excluding carboxylic acids is 1. The van der Waals surface area contributed by atoms with Gasteiger partial charge in [-0.2, -0.15) is 0 Å². The van der Waals surface area contributed by atoms with Gasteiger partial charge in [-0.1, -0.05) is 13.3 Å². The first-order valence-electron chi connectivity index (χ1n) is 3.48. The number of hydrogen-bond donors (Lipinski definition) is 1. The van der Waals surface area contributed by atoms with Gasteiger partial charge in [0.15, 0.2) is 0 Å². The molecule has 9 heavy (non-hydrogen) atoms. The molecule has 0 radical (unpaired) electrons. The summed E-state index contributed by atoms with van der Waals surface area (Å²) in [4.78, 5) is 9.85. The molecule has 0 aromatic carbocycles. The number of rotatable bonds is 5. The molecule has 0 aromatic rings. The molecule has 54 valence electrons. The lowest BCUT2D eigenvalue weighted by Crippen LogP contribution is -2.27. The lowest BCUT2D eigenvalue weighted by atomic mass is 10.2. The lowest BCUT2D eigenvalue weighted by molar-refractivity contribution is -0.107. The van der Waals surface area contributed by atoms with Crippen LogP contribution >= 0.6 is 0 Å². The molecule has 0 rings (SSSR count). The van der Waals surface area contributed by atoms with E-state index in [1.807, 2.05) is 0 Å². The van der Waals surface area contributed by atoms with Crippen molar-refractivity contribution in [2.45, 2.75) is 32.7 Å². The second-order valence-electron chi connectivity index (χ2n) is 2.26. The quantitative estimate of drug-likeness (QED) is 0.560. The monoisotopic (exact) mass is 129 g/mol. The van der Waals surface area contributed by atoms with Gasteiger partial charge in [0, 0.05) is 6.04 Å². The predicted octanol–water partition coefficient (Wildman–Crippen LogP) is 0.964. The highest BCUT2D eigenvalue weighted by atomic mass is 16.1. The molecule has 0 saturated carbocycles. The zero-order valence-electron chi connectivity index (χ0n) is 6.18. The molecule has 0 aliphatic carbocycles. The van der Waals surface area contributed by atoms with Crippen LogP contribution in [0.1, 0.15) is 26.7 Å². The fourth-order valence-corrected chi connectivity index (χ4v) is 0.784. The minimum Gasteiger partial charge on any atom is -0.308 e. The average molecular weight is 129 g/mol. The van der Waals surface area contributed by atoms with Crippen molar-refractivity contribution in [2.24, 2.45) is 0 Å². The van der Waals surface area contributed by atoms with Gasteiger partial charge in [0.05, 0.1) is 6.54 Å². The van der Waals surface area contributed by atoms with Gasteiger partial charge in [0.25, 0.3) is 0 Å². The molecule has 0 spiro atoms. The molecule has 1 unspecified atom stereocenters. The minimum atomic E-state index is 0.486. The van der Waals surface area contributed by atoms with Gasteiger partial charge in [-0.3, -0.25) is 0 Å². The average Bonchev–Trinajstić information content (AvgIpc) is 1.85. The Hall–Kier alpha value is -0.370. The highest BCUT2D eigenvalue weighted by Crippen LogP contribution is 1.92. The van der Waals surface area contributed by atoms with E-state index in [0.717, 1.165) is 12.7 Å². The molecule has 0 bridgehead atoms. The minimum absolute atomic E-state index is 0.486. The van der Waals surface area contributed by atoms with Crippen LogP contribution in [0.15, 0.2) is 0 Å². The van der Waals surface area contributed by atoms with E-state index in [4.69, 9.17) is 0 Å². The Morgan fingerprint density at radius 3 is 2.78 bits per heavy atom. The maximum atomic E-state index is 9.85. The van der Waals surface area contributed by atoms with Gasteiger partial charge in [0.1, 0.15) is 6.29 Å². The molecule has 0 aliphatic rings. The Kier molecular flexibility index (Phi) is 5.52. The normalized spacial score (nSPS) is 13.1. The molecule has 0 heterocycles. The molecule has 1 atom stereocenters. The second-order valence-corrected chi connectivity index (χ2v) is 2.26. The van der Waals surface area contributed by atoms with Crippen molar-refractivity contribution in [1.82, 2.24) is 5.32 Å². The van der Waals surface area contributed by atoms with E-state index < -0.39 is 0 Å². The molecule has 2 nitrogen and oxygen atoms in total. The van der Waals surface area contributed by atoms with E-state index in [2.05, 4.69) is 19.2 Å². The summed E-state index contributed by atoms with van der Waals surface area (Å²) in [5, 5.41) is 3.07. The standard InChI is InChI=1S/C7H15NO/c1-3-4-7(2)8-5-6-9/h6-8H,3-5H2,1-2H3. The van der Waals surface area contributed by atoms with Gasteiger partial charge in [-0.15, -0.1) is 0 Å². The molecule has 0 fully saturated rings. The van der Waals surface area contributed by atoms with Crippen LogP contribution in [0.3, 0.4) is 0 Å². The van der Waals surface area contributed by atoms with Crippen LogP contribution in [0, 0.1) is 0 Å². The highest BCUT2D eigenvalue weighted by molar-refractivity contribution is 5.51. The molecule has 1 N–H and O–H groups in total. The maximum Gasteiger partial charge on any atom is 0.133 e. The Bertz CT molecular complexity index is 73.3. The topological polar surface area (TPSA) is 29.1 Å². The molecular weight excluding hydrogens is 114 g/mol. The predicted molar refractivity (Wildman–Crippen MR) is 38.4 cm³/mol. The Labute approximate surface area is 56.6 Å². The first-order valence-corrected chi connectivity index (χ1v) is 3.48. The van der Waals surface area contributed by atoms with Crippen LogP contribution in [0.4, 0.5) is 0 Å². The first-order chi connectivity index (χ1) is 4.31. The summed E-state index contributed by atoms with van der Waals surface area (Å²) in [7, 11) is 0. The van der Waals surface area contributed by atoms with Crippen molar-refractivity contribution in [2.75, 3.05) is 6.54 Å². The summed E-state index contributed by atoms with van der Waals surface area (Å²) in [6, 6.07) is 0.486. The van der Waals surface area contributed by atoms with Crippen molar-refractivity contribution in [3.63, 3.8) is 0 Å². The van der Waals surface area contributed by atoms with E-state index in [0.29, 0.717) is 12.6 Å². The summed E-state index contributed by atoms with van der Waals surface area (Å²) >= 11 is 0. The summed E-state index contributed by atoms with van der Waals surface area (Å²) < 4.78 is 0. The molecular formula is C7H15NO. The summed E-state index contributed by atoms with van der Waals surface area (Å²) in [5.74, 6) is 0. The SMILES string of the molecule is CCCC(C)NCC=O. The fraction of sp³-hybridized carbons (Fsp3) is 0.857. The molecule has 0 saturated heterocycles. The number of carbonyl (C=O) groups is 1. The van der Waals surface area contributed by atoms with Gasteiger partial charge in [-0.25, -0.2) is 0 Å². The van der Waals surface area contributed by atoms with Crippen molar-refractivity contribution >= 4 is 6.29 Å². The third kappa shape index (κ3) is 5.50. The van der Waals surface area contributed by atoms with Crippen molar-refractivity contribution < 1.29 is 4.79 Å². The molecule has 0 amide bonds. The Balaban J connectivity index is 3.04. The van der Waals surface area contributed by atoms with Gasteiger partial charge in [0.2, 0.25) is 0 Å². The van der Waals surface area contributed by atoms with E-state index in [9.17, 15) is 4.79 Å².